The molecule has 4 aromatic rings. The summed E-state index contributed by atoms with van der Waals surface area (Å²) in [5, 5.41) is 12.6. The number of hydrogen-bond acceptors (Lipinski definition) is 7. The first-order chi connectivity index (χ1) is 19.9. The van der Waals surface area contributed by atoms with Gasteiger partial charge in [0.15, 0.2) is 5.69 Å². The van der Waals surface area contributed by atoms with Gasteiger partial charge in [0.25, 0.3) is 5.91 Å². The van der Waals surface area contributed by atoms with Gasteiger partial charge in [0.2, 0.25) is 0 Å². The molecule has 0 bridgehead atoms. The van der Waals surface area contributed by atoms with E-state index in [1.165, 1.54) is 24.6 Å². The number of hydrogen-bond donors (Lipinski definition) is 0. The van der Waals surface area contributed by atoms with Crippen molar-refractivity contribution in [1.29, 1.82) is 0 Å². The molecule has 10 heteroatoms. The number of carbonyl (C=O) groups excluding carboxylic acids is 1. The molecule has 36 heavy (non-hydrogen) atoms. The molecule has 1 atom stereocenters. The molecule has 0 N–H and O–H groups in total. The Bertz CT molecular complexity index is 1650. The van der Waals surface area contributed by atoms with Crippen molar-refractivity contribution in [3.8, 4) is 39.6 Å². The van der Waals surface area contributed by atoms with Gasteiger partial charge in [0.1, 0.15) is 18.1 Å². The summed E-state index contributed by atoms with van der Waals surface area (Å²) >= 11 is 1.45. The number of aromatic nitrogens is 4. The van der Waals surface area contributed by atoms with Gasteiger partial charge in [-0.15, -0.1) is 0 Å². The minimum absolute atomic E-state index is 0.0198. The summed E-state index contributed by atoms with van der Waals surface area (Å²) in [7, 11) is 1.51. The topological polar surface area (TPSA) is 83.6 Å². The van der Waals surface area contributed by atoms with Crippen LogP contribution in [0.1, 0.15) is 36.4 Å². The molecule has 1 amide bonds. The van der Waals surface area contributed by atoms with E-state index in [-0.39, 0.29) is 18.9 Å². The Morgan fingerprint density at radius 2 is 2.22 bits per heavy atom. The highest BCUT2D eigenvalue weighted by Gasteiger charge is 2.34. The van der Waals surface area contributed by atoms with Gasteiger partial charge in [-0.1, -0.05) is 0 Å². The molecular formula is C26H27N5O4S. The van der Waals surface area contributed by atoms with Crippen LogP contribution in [0.3, 0.4) is 0 Å². The van der Waals surface area contributed by atoms with Gasteiger partial charge >= 0.3 is 0 Å². The van der Waals surface area contributed by atoms with Crippen LogP contribution in [0.4, 0.5) is 0 Å². The van der Waals surface area contributed by atoms with Gasteiger partial charge in [0.05, 0.1) is 36.8 Å². The molecule has 2 aliphatic rings. The number of fused-ring (bicyclic) bond motifs is 3. The van der Waals surface area contributed by atoms with Gasteiger partial charge in [0, 0.05) is 68.7 Å². The van der Waals surface area contributed by atoms with Gasteiger partial charge in [-0.05, 0) is 30.9 Å². The third-order valence-electron chi connectivity index (χ3n) is 6.54. The molecule has 0 spiro atoms. The lowest BCUT2D eigenvalue weighted by Gasteiger charge is -2.24. The van der Waals surface area contributed by atoms with Gasteiger partial charge in [-0.2, -0.15) is 21.5 Å². The second kappa shape index (κ2) is 8.79. The fourth-order valence-electron chi connectivity index (χ4n) is 4.73. The van der Waals surface area contributed by atoms with E-state index in [0.717, 1.165) is 9.58 Å². The van der Waals surface area contributed by atoms with Crippen LogP contribution >= 0.6 is 11.3 Å². The highest BCUT2D eigenvalue weighted by atomic mass is 32.1. The number of rotatable bonds is 5. The van der Waals surface area contributed by atoms with E-state index in [2.05, 4.69) is 10.2 Å². The average molecular weight is 512 g/mol. The number of ether oxygens (including phenoxy) is 3. The van der Waals surface area contributed by atoms with E-state index in [4.69, 9.17) is 22.4 Å². The number of aryl methyl sites for hydroxylation is 2. The monoisotopic (exact) mass is 511 g/mol. The summed E-state index contributed by atoms with van der Waals surface area (Å²) in [5.74, 6) is 0.181. The number of nitrogens with zero attached hydrogens (tertiary/aromatic N) is 5. The molecule has 0 aliphatic carbocycles. The average Bonchev–Trinajstić information content (AvgIpc) is 3.73. The van der Waals surface area contributed by atoms with Crippen LogP contribution in [0.25, 0.3) is 28.1 Å². The highest BCUT2D eigenvalue weighted by molar-refractivity contribution is 7.08. The summed E-state index contributed by atoms with van der Waals surface area (Å²) in [5.41, 5.74) is 3.86. The smallest absolute Gasteiger partial charge is 0.274 e. The maximum absolute atomic E-state index is 14.0. The van der Waals surface area contributed by atoms with Crippen LogP contribution < -0.4 is 9.47 Å². The molecule has 1 saturated heterocycles. The molecule has 186 valence electrons. The quantitative estimate of drug-likeness (QED) is 0.402. The highest BCUT2D eigenvalue weighted by Crippen LogP contribution is 2.46. The van der Waals surface area contributed by atoms with Crippen LogP contribution in [-0.2, 0) is 18.3 Å². The van der Waals surface area contributed by atoms with E-state index in [1.54, 1.807) is 23.7 Å². The predicted octanol–water partition coefficient (Wildman–Crippen LogP) is 4.07. The second-order valence-corrected chi connectivity index (χ2v) is 9.45. The molecule has 1 unspecified atom stereocenters. The van der Waals surface area contributed by atoms with Crippen LogP contribution in [0.5, 0.6) is 11.5 Å². The second-order valence-electron chi connectivity index (χ2n) is 8.67. The number of thiophene rings is 1. The first kappa shape index (κ1) is 16.9. The fraction of sp³-hybridized carbons (Fsp3) is 0.346. The Morgan fingerprint density at radius 1 is 1.31 bits per heavy atom. The number of carbonyl (C=O) groups is 1. The van der Waals surface area contributed by atoms with Crippen LogP contribution in [-0.4, -0.2) is 63.7 Å². The normalized spacial score (nSPS) is 19.6. The summed E-state index contributed by atoms with van der Waals surface area (Å²) in [6.45, 7) is -2.99. The predicted molar refractivity (Wildman–Crippen MR) is 136 cm³/mol. The molecule has 1 fully saturated rings. The molecule has 1 aromatic carbocycles. The maximum atomic E-state index is 14.0. The van der Waals surface area contributed by atoms with Crippen molar-refractivity contribution in [2.75, 3.05) is 27.3 Å². The third-order valence-corrected chi connectivity index (χ3v) is 7.22. The lowest BCUT2D eigenvalue weighted by Crippen LogP contribution is -2.38. The van der Waals surface area contributed by atoms with E-state index >= 15 is 0 Å². The number of amides is 1. The Morgan fingerprint density at radius 3 is 2.92 bits per heavy atom. The van der Waals surface area contributed by atoms with Crippen LogP contribution in [0.15, 0.2) is 35.2 Å². The standard InChI is InChI=1S/C26H27N5O4S/c1-15-20(11-29(2)27-15)18-9-19-23(10-22(18)33-4)35-13-21-24(26(32)30(3)16-5-7-34-12-16)28-31(25(19)21)17-6-8-36-14-17/h6,8-11,14,16H,5,7,12-13H2,1-4H3/i2D3,3D3. The minimum atomic E-state index is -2.71. The van der Waals surface area contributed by atoms with E-state index in [1.807, 2.05) is 16.8 Å². The number of benzene rings is 1. The third kappa shape index (κ3) is 3.59. The van der Waals surface area contributed by atoms with E-state index < -0.39 is 25.9 Å². The first-order valence-corrected chi connectivity index (χ1v) is 12.3. The van der Waals surface area contributed by atoms with Crippen molar-refractivity contribution >= 4 is 17.2 Å². The SMILES string of the molecule is [2H]C([2H])([2H])N(C(=O)c1nn(-c2ccsc2)c2c1COc1cc(OC)c(-c3cn(C([2H])([2H])[2H])nc3C)cc1-2)C1CCOC1. The van der Waals surface area contributed by atoms with Gasteiger partial charge < -0.3 is 19.1 Å². The molecule has 3 aromatic heterocycles. The minimum Gasteiger partial charge on any atom is -0.496 e. The molecule has 0 radical (unpaired) electrons. The number of likely N-dealkylation sites (N-methyl/N-ethyl adjacent to an activating group) is 1. The summed E-state index contributed by atoms with van der Waals surface area (Å²) in [4.78, 5) is 14.9. The van der Waals surface area contributed by atoms with Crippen molar-refractivity contribution in [2.45, 2.75) is 26.0 Å². The lowest BCUT2D eigenvalue weighted by molar-refractivity contribution is 0.0702. The van der Waals surface area contributed by atoms with Crippen molar-refractivity contribution in [3.63, 3.8) is 0 Å². The lowest BCUT2D eigenvalue weighted by atomic mass is 9.96. The Hall–Kier alpha value is -3.63. The molecular weight excluding hydrogens is 478 g/mol. The van der Waals surface area contributed by atoms with Crippen LogP contribution in [0.2, 0.25) is 0 Å². The first-order valence-electron chi connectivity index (χ1n) is 14.4. The Balaban J connectivity index is 1.55. The molecule has 5 heterocycles. The van der Waals surface area contributed by atoms with Crippen molar-refractivity contribution < 1.29 is 27.2 Å². The Kier molecular flexibility index (Phi) is 4.14. The van der Waals surface area contributed by atoms with E-state index in [0.29, 0.717) is 63.9 Å². The molecule has 2 aliphatic heterocycles. The summed E-state index contributed by atoms with van der Waals surface area (Å²) in [6, 6.07) is 4.74. The largest absolute Gasteiger partial charge is 0.496 e. The zero-order valence-electron chi connectivity index (χ0n) is 25.6. The fourth-order valence-corrected chi connectivity index (χ4v) is 5.34. The van der Waals surface area contributed by atoms with E-state index in [9.17, 15) is 4.79 Å². The van der Waals surface area contributed by atoms with Gasteiger partial charge in [-0.3, -0.25) is 9.48 Å². The van der Waals surface area contributed by atoms with Crippen molar-refractivity contribution in [3.05, 3.63) is 52.1 Å². The zero-order chi connectivity index (χ0) is 30.0. The maximum Gasteiger partial charge on any atom is 0.274 e. The summed E-state index contributed by atoms with van der Waals surface area (Å²) < 4.78 is 67.4. The van der Waals surface area contributed by atoms with Gasteiger partial charge in [-0.25, -0.2) is 4.68 Å². The molecule has 9 nitrogen and oxygen atoms in total. The molecule has 0 saturated carbocycles. The van der Waals surface area contributed by atoms with Crippen LogP contribution in [0, 0.1) is 6.92 Å². The molecule has 6 rings (SSSR count). The summed E-state index contributed by atoms with van der Waals surface area (Å²) in [6.07, 6.45) is 1.85. The van der Waals surface area contributed by atoms with Crippen molar-refractivity contribution in [2.24, 2.45) is 6.98 Å². The zero-order valence-corrected chi connectivity index (χ0v) is 20.5. The Labute approximate surface area is 221 Å². The number of methoxy groups -OCH3 is 1. The van der Waals surface area contributed by atoms with Crippen molar-refractivity contribution in [1.82, 2.24) is 24.5 Å².